The molecule has 120 valence electrons. The van der Waals surface area contributed by atoms with Gasteiger partial charge in [-0.05, 0) is 40.7 Å². The monoisotopic (exact) mass is 299 g/mol. The molecule has 6 nitrogen and oxygen atoms in total. The van der Waals surface area contributed by atoms with Gasteiger partial charge in [0.2, 0.25) is 0 Å². The number of allylic oxidation sites excluding steroid dienone is 1. The Morgan fingerprint density at radius 2 is 1.76 bits per heavy atom. The fraction of sp³-hybridized carbons (Fsp3) is 0.667. The molecule has 0 aliphatic carbocycles. The fourth-order valence-electron chi connectivity index (χ4n) is 1.44. The topological polar surface area (TPSA) is 81.7 Å². The minimum absolute atomic E-state index is 0.000537. The second-order valence-corrected chi connectivity index (χ2v) is 5.84. The van der Waals surface area contributed by atoms with E-state index in [1.165, 1.54) is 13.8 Å². The number of amides is 1. The maximum Gasteiger partial charge on any atom is 0.408 e. The van der Waals surface area contributed by atoms with Crippen LogP contribution in [0.5, 0.6) is 0 Å². The molecule has 0 rings (SSSR count). The van der Waals surface area contributed by atoms with Crippen molar-refractivity contribution >= 4 is 17.8 Å². The van der Waals surface area contributed by atoms with Gasteiger partial charge in [-0.25, -0.2) is 4.79 Å². The minimum atomic E-state index is -0.658. The predicted octanol–water partition coefficient (Wildman–Crippen LogP) is 2.37. The number of ketones is 1. The zero-order chi connectivity index (χ0) is 16.6. The van der Waals surface area contributed by atoms with E-state index < -0.39 is 29.8 Å². The number of Topliss-reactive ketones (excluding diaryl/α,β-unsaturated/α-hetero) is 1. The number of nitrogens with one attached hydrogen (secondary N) is 1. The van der Waals surface area contributed by atoms with Crippen LogP contribution in [0.25, 0.3) is 0 Å². The van der Waals surface area contributed by atoms with E-state index in [-0.39, 0.29) is 12.2 Å². The molecule has 0 aliphatic heterocycles. The zero-order valence-corrected chi connectivity index (χ0v) is 13.6. The van der Waals surface area contributed by atoms with Crippen molar-refractivity contribution in [3.05, 3.63) is 12.2 Å². The molecule has 0 aromatic carbocycles. The number of carbonyl (C=O) groups excluding carboxylic acids is 3. The van der Waals surface area contributed by atoms with Crippen molar-refractivity contribution in [3.8, 4) is 0 Å². The third-order valence-electron chi connectivity index (χ3n) is 2.27. The highest BCUT2D eigenvalue weighted by atomic mass is 16.6. The van der Waals surface area contributed by atoms with Crippen LogP contribution in [-0.4, -0.2) is 35.6 Å². The lowest BCUT2D eigenvalue weighted by molar-refractivity contribution is -0.145. The first-order valence-electron chi connectivity index (χ1n) is 6.84. The molecular weight excluding hydrogens is 274 g/mol. The van der Waals surface area contributed by atoms with Crippen LogP contribution in [0.3, 0.4) is 0 Å². The lowest BCUT2D eigenvalue weighted by Crippen LogP contribution is -2.44. The van der Waals surface area contributed by atoms with Gasteiger partial charge in [0.1, 0.15) is 17.5 Å². The Kier molecular flexibility index (Phi) is 7.70. The van der Waals surface area contributed by atoms with Gasteiger partial charge in [0.15, 0.2) is 0 Å². The Morgan fingerprint density at radius 3 is 2.19 bits per heavy atom. The molecule has 0 aromatic rings. The highest BCUT2D eigenvalue weighted by Gasteiger charge is 2.23. The normalized spacial score (nSPS) is 14.4. The van der Waals surface area contributed by atoms with E-state index in [0.717, 1.165) is 0 Å². The number of carbonyl (C=O) groups is 3. The van der Waals surface area contributed by atoms with Crippen molar-refractivity contribution < 1.29 is 23.9 Å². The Hall–Kier alpha value is -1.85. The third-order valence-corrected chi connectivity index (χ3v) is 2.27. The number of ether oxygens (including phenoxy) is 2. The van der Waals surface area contributed by atoms with Crippen molar-refractivity contribution in [3.63, 3.8) is 0 Å². The quantitative estimate of drug-likeness (QED) is 0.601. The van der Waals surface area contributed by atoms with E-state index in [4.69, 9.17) is 9.47 Å². The second kappa shape index (κ2) is 8.44. The molecule has 21 heavy (non-hydrogen) atoms. The van der Waals surface area contributed by atoms with Crippen LogP contribution < -0.4 is 5.32 Å². The molecular formula is C15H25NO5. The lowest BCUT2D eigenvalue weighted by Gasteiger charge is -2.25. The van der Waals surface area contributed by atoms with Gasteiger partial charge in [-0.3, -0.25) is 9.59 Å². The number of rotatable bonds is 6. The molecule has 0 aromatic heterocycles. The first kappa shape index (κ1) is 19.1. The molecule has 0 saturated heterocycles. The summed E-state index contributed by atoms with van der Waals surface area (Å²) in [7, 11) is 0. The highest BCUT2D eigenvalue weighted by Crippen LogP contribution is 2.09. The predicted molar refractivity (Wildman–Crippen MR) is 78.8 cm³/mol. The van der Waals surface area contributed by atoms with Gasteiger partial charge < -0.3 is 14.8 Å². The molecule has 0 spiro atoms. The standard InChI is InChI=1S/C15H25NO5/c1-10(17)8-7-9-13(20-12(3)18)11(2)16-14(19)21-15(4,5)6/h7,9,11,13H,8H2,1-6H3,(H,16,19)/b9-7-/t11-,13?/m1/s1. The van der Waals surface area contributed by atoms with Crippen LogP contribution >= 0.6 is 0 Å². The first-order chi connectivity index (χ1) is 9.51. The number of hydrogen-bond donors (Lipinski definition) is 1. The number of alkyl carbamates (subject to hydrolysis) is 1. The first-order valence-corrected chi connectivity index (χ1v) is 6.84. The molecule has 1 unspecified atom stereocenters. The van der Waals surface area contributed by atoms with Crippen LogP contribution in [-0.2, 0) is 19.1 Å². The molecule has 0 radical (unpaired) electrons. The van der Waals surface area contributed by atoms with Crippen LogP contribution in [0.4, 0.5) is 4.79 Å². The minimum Gasteiger partial charge on any atom is -0.456 e. The van der Waals surface area contributed by atoms with Crippen molar-refractivity contribution in [2.24, 2.45) is 0 Å². The summed E-state index contributed by atoms with van der Waals surface area (Å²) in [6.07, 6.45) is 2.20. The van der Waals surface area contributed by atoms with E-state index in [1.54, 1.807) is 39.8 Å². The SMILES string of the molecule is CC(=O)C/C=C\C(OC(C)=O)[C@@H](C)NC(=O)OC(C)(C)C. The van der Waals surface area contributed by atoms with E-state index >= 15 is 0 Å². The van der Waals surface area contributed by atoms with E-state index in [1.807, 2.05) is 0 Å². The van der Waals surface area contributed by atoms with Gasteiger partial charge in [-0.1, -0.05) is 6.08 Å². The third kappa shape index (κ3) is 10.6. The van der Waals surface area contributed by atoms with Gasteiger partial charge in [0.25, 0.3) is 0 Å². The fourth-order valence-corrected chi connectivity index (χ4v) is 1.44. The van der Waals surface area contributed by atoms with E-state index in [0.29, 0.717) is 0 Å². The van der Waals surface area contributed by atoms with Crippen molar-refractivity contribution in [2.45, 2.75) is 65.7 Å². The average Bonchev–Trinajstić information content (AvgIpc) is 2.23. The van der Waals surface area contributed by atoms with E-state index in [9.17, 15) is 14.4 Å². The van der Waals surface area contributed by atoms with Crippen LogP contribution in [0.15, 0.2) is 12.2 Å². The zero-order valence-electron chi connectivity index (χ0n) is 13.6. The summed E-state index contributed by atoms with van der Waals surface area (Å²) in [5.41, 5.74) is -0.606. The van der Waals surface area contributed by atoms with Crippen LogP contribution in [0.1, 0.15) is 48.0 Å². The maximum absolute atomic E-state index is 11.7. The molecule has 0 bridgehead atoms. The summed E-state index contributed by atoms with van der Waals surface area (Å²) < 4.78 is 10.3. The van der Waals surface area contributed by atoms with Crippen molar-refractivity contribution in [1.29, 1.82) is 0 Å². The Labute approximate surface area is 125 Å². The van der Waals surface area contributed by atoms with Crippen LogP contribution in [0, 0.1) is 0 Å². The Bertz CT molecular complexity index is 409. The summed E-state index contributed by atoms with van der Waals surface area (Å²) in [6.45, 7) is 9.71. The van der Waals surface area contributed by atoms with E-state index in [2.05, 4.69) is 5.32 Å². The van der Waals surface area contributed by atoms with Crippen molar-refractivity contribution in [2.75, 3.05) is 0 Å². The Balaban J connectivity index is 4.67. The molecule has 0 saturated carbocycles. The van der Waals surface area contributed by atoms with Crippen molar-refractivity contribution in [1.82, 2.24) is 5.32 Å². The smallest absolute Gasteiger partial charge is 0.408 e. The number of hydrogen-bond acceptors (Lipinski definition) is 5. The lowest BCUT2D eigenvalue weighted by atomic mass is 10.1. The summed E-state index contributed by atoms with van der Waals surface area (Å²) >= 11 is 0. The largest absolute Gasteiger partial charge is 0.456 e. The van der Waals surface area contributed by atoms with Gasteiger partial charge >= 0.3 is 12.1 Å². The van der Waals surface area contributed by atoms with Gasteiger partial charge in [0, 0.05) is 13.3 Å². The number of esters is 1. The van der Waals surface area contributed by atoms with Gasteiger partial charge in [-0.15, -0.1) is 0 Å². The highest BCUT2D eigenvalue weighted by molar-refractivity contribution is 5.77. The summed E-state index contributed by atoms with van der Waals surface area (Å²) in [5, 5.41) is 2.61. The molecule has 1 N–H and O–H groups in total. The molecule has 0 aliphatic rings. The summed E-state index contributed by atoms with van der Waals surface area (Å²) in [5.74, 6) is -0.467. The second-order valence-electron chi connectivity index (χ2n) is 5.84. The molecule has 1 amide bonds. The summed E-state index contributed by atoms with van der Waals surface area (Å²) in [4.78, 5) is 33.7. The molecule has 6 heteroatoms. The van der Waals surface area contributed by atoms with Crippen LogP contribution in [0.2, 0.25) is 0 Å². The average molecular weight is 299 g/mol. The maximum atomic E-state index is 11.7. The molecule has 0 fully saturated rings. The summed E-state index contributed by atoms with van der Waals surface area (Å²) in [6, 6.07) is -0.480. The Morgan fingerprint density at radius 1 is 1.19 bits per heavy atom. The van der Waals surface area contributed by atoms with Gasteiger partial charge in [-0.2, -0.15) is 0 Å². The van der Waals surface area contributed by atoms with Gasteiger partial charge in [0.05, 0.1) is 6.04 Å². The molecule has 0 heterocycles. The molecule has 2 atom stereocenters.